The maximum absolute atomic E-state index is 10.9. The van der Waals surface area contributed by atoms with Gasteiger partial charge in [0.2, 0.25) is 5.76 Å². The van der Waals surface area contributed by atoms with Crippen molar-refractivity contribution in [3.63, 3.8) is 0 Å². The Morgan fingerprint density at radius 2 is 2.00 bits per heavy atom. The van der Waals surface area contributed by atoms with Gasteiger partial charge in [0.25, 0.3) is 0 Å². The Balaban J connectivity index is 2.04. The summed E-state index contributed by atoms with van der Waals surface area (Å²) in [5, 5.41) is 12.3. The number of aromatic carboxylic acids is 1. The van der Waals surface area contributed by atoms with Crippen LogP contribution in [0, 0.1) is 13.8 Å². The summed E-state index contributed by atoms with van der Waals surface area (Å²) in [6.45, 7) is 6.40. The predicted molar refractivity (Wildman–Crippen MR) is 76.8 cm³/mol. The van der Waals surface area contributed by atoms with Gasteiger partial charge in [-0.25, -0.2) is 4.79 Å². The number of carbonyl (C=O) groups is 1. The Kier molecular flexibility index (Phi) is 4.25. The van der Waals surface area contributed by atoms with Crippen LogP contribution in [-0.2, 0) is 6.54 Å². The molecule has 0 saturated heterocycles. The van der Waals surface area contributed by atoms with Crippen LogP contribution < -0.4 is 5.32 Å². The first-order chi connectivity index (χ1) is 9.49. The van der Waals surface area contributed by atoms with Crippen LogP contribution in [0.25, 0.3) is 0 Å². The Morgan fingerprint density at radius 3 is 2.60 bits per heavy atom. The summed E-state index contributed by atoms with van der Waals surface area (Å²) in [5.74, 6) is -0.369. The van der Waals surface area contributed by atoms with Gasteiger partial charge in [-0.1, -0.05) is 24.3 Å². The van der Waals surface area contributed by atoms with E-state index in [0.717, 1.165) is 0 Å². The molecule has 0 unspecified atom stereocenters. The van der Waals surface area contributed by atoms with Crippen molar-refractivity contribution >= 4 is 5.97 Å². The molecular weight excluding hydrogens is 254 g/mol. The number of nitrogens with one attached hydrogen (secondary N) is 1. The molecule has 2 aromatic rings. The highest BCUT2D eigenvalue weighted by Crippen LogP contribution is 2.19. The first-order valence-corrected chi connectivity index (χ1v) is 6.60. The lowest BCUT2D eigenvalue weighted by Gasteiger charge is -2.15. The highest BCUT2D eigenvalue weighted by atomic mass is 16.4. The molecule has 0 aliphatic heterocycles. The van der Waals surface area contributed by atoms with Gasteiger partial charge in [-0.3, -0.25) is 0 Å². The van der Waals surface area contributed by atoms with E-state index in [4.69, 9.17) is 9.52 Å². The van der Waals surface area contributed by atoms with Crippen molar-refractivity contribution in [2.45, 2.75) is 33.4 Å². The SMILES string of the molecule is Cc1ccccc1[C@H](C)NCc1cc(C)c(C(=O)O)o1. The molecule has 1 heterocycles. The smallest absolute Gasteiger partial charge is 0.372 e. The molecule has 4 heteroatoms. The van der Waals surface area contributed by atoms with Crippen LogP contribution in [0.3, 0.4) is 0 Å². The fourth-order valence-electron chi connectivity index (χ4n) is 2.28. The fourth-order valence-corrected chi connectivity index (χ4v) is 2.28. The van der Waals surface area contributed by atoms with Gasteiger partial charge in [0.05, 0.1) is 6.54 Å². The Labute approximate surface area is 118 Å². The molecule has 106 valence electrons. The molecular formula is C16H19NO3. The molecule has 0 aliphatic rings. The molecule has 0 amide bonds. The predicted octanol–water partition coefficient (Wildman–Crippen LogP) is 3.45. The molecule has 0 fully saturated rings. The van der Waals surface area contributed by atoms with Crippen molar-refractivity contribution in [2.75, 3.05) is 0 Å². The summed E-state index contributed by atoms with van der Waals surface area (Å²) in [5.41, 5.74) is 3.11. The van der Waals surface area contributed by atoms with Crippen molar-refractivity contribution in [2.24, 2.45) is 0 Å². The second kappa shape index (κ2) is 5.92. The fraction of sp³-hybridized carbons (Fsp3) is 0.312. The highest BCUT2D eigenvalue weighted by Gasteiger charge is 2.15. The monoisotopic (exact) mass is 273 g/mol. The van der Waals surface area contributed by atoms with Gasteiger partial charge in [0.1, 0.15) is 5.76 Å². The Bertz CT molecular complexity index is 616. The quantitative estimate of drug-likeness (QED) is 0.876. The number of hydrogen-bond donors (Lipinski definition) is 2. The molecule has 1 aromatic carbocycles. The maximum atomic E-state index is 10.9. The first-order valence-electron chi connectivity index (χ1n) is 6.60. The number of benzene rings is 1. The van der Waals surface area contributed by atoms with E-state index in [1.165, 1.54) is 11.1 Å². The average molecular weight is 273 g/mol. The van der Waals surface area contributed by atoms with Crippen LogP contribution in [-0.4, -0.2) is 11.1 Å². The van der Waals surface area contributed by atoms with E-state index < -0.39 is 5.97 Å². The van der Waals surface area contributed by atoms with Crippen LogP contribution in [0.2, 0.25) is 0 Å². The first kappa shape index (κ1) is 14.3. The molecule has 0 aliphatic carbocycles. The van der Waals surface area contributed by atoms with E-state index in [1.807, 2.05) is 12.1 Å². The third-order valence-corrected chi connectivity index (χ3v) is 3.40. The van der Waals surface area contributed by atoms with Crippen molar-refractivity contribution in [1.82, 2.24) is 5.32 Å². The lowest BCUT2D eigenvalue weighted by atomic mass is 10.0. The van der Waals surface area contributed by atoms with Gasteiger partial charge in [-0.05, 0) is 38.0 Å². The lowest BCUT2D eigenvalue weighted by molar-refractivity contribution is 0.0659. The van der Waals surface area contributed by atoms with Gasteiger partial charge < -0.3 is 14.8 Å². The minimum Gasteiger partial charge on any atom is -0.475 e. The third-order valence-electron chi connectivity index (χ3n) is 3.40. The molecule has 2 N–H and O–H groups in total. The van der Waals surface area contributed by atoms with Crippen LogP contribution in [0.5, 0.6) is 0 Å². The van der Waals surface area contributed by atoms with Crippen molar-refractivity contribution in [3.05, 3.63) is 58.5 Å². The molecule has 20 heavy (non-hydrogen) atoms. The van der Waals surface area contributed by atoms with Crippen LogP contribution >= 0.6 is 0 Å². The van der Waals surface area contributed by atoms with E-state index in [2.05, 4.69) is 31.3 Å². The largest absolute Gasteiger partial charge is 0.475 e. The topological polar surface area (TPSA) is 62.5 Å². The minimum absolute atomic E-state index is 0.0188. The van der Waals surface area contributed by atoms with Gasteiger partial charge >= 0.3 is 5.97 Å². The number of aryl methyl sites for hydroxylation is 2. The molecule has 0 saturated carbocycles. The molecule has 1 aromatic heterocycles. The summed E-state index contributed by atoms with van der Waals surface area (Å²) in [6, 6.07) is 10.1. The highest BCUT2D eigenvalue weighted by molar-refractivity contribution is 5.86. The van der Waals surface area contributed by atoms with Gasteiger partial charge in [-0.2, -0.15) is 0 Å². The second-order valence-electron chi connectivity index (χ2n) is 4.99. The zero-order chi connectivity index (χ0) is 14.7. The number of hydrogen-bond acceptors (Lipinski definition) is 3. The molecule has 2 rings (SSSR count). The second-order valence-corrected chi connectivity index (χ2v) is 4.99. The van der Waals surface area contributed by atoms with Crippen molar-refractivity contribution in [1.29, 1.82) is 0 Å². The number of furan rings is 1. The summed E-state index contributed by atoms with van der Waals surface area (Å²) < 4.78 is 5.33. The van der Waals surface area contributed by atoms with Crippen LogP contribution in [0.4, 0.5) is 0 Å². The number of carboxylic acid groups (broad SMARTS) is 1. The zero-order valence-corrected chi connectivity index (χ0v) is 11.9. The molecule has 0 spiro atoms. The van der Waals surface area contributed by atoms with Crippen molar-refractivity contribution < 1.29 is 14.3 Å². The summed E-state index contributed by atoms with van der Waals surface area (Å²) in [6.07, 6.45) is 0. The zero-order valence-electron chi connectivity index (χ0n) is 11.9. The summed E-state index contributed by atoms with van der Waals surface area (Å²) >= 11 is 0. The third kappa shape index (κ3) is 3.08. The molecule has 1 atom stereocenters. The van der Waals surface area contributed by atoms with Gasteiger partial charge in [0.15, 0.2) is 0 Å². The molecule has 4 nitrogen and oxygen atoms in total. The normalized spacial score (nSPS) is 12.3. The maximum Gasteiger partial charge on any atom is 0.372 e. The Hall–Kier alpha value is -2.07. The van der Waals surface area contributed by atoms with Crippen molar-refractivity contribution in [3.8, 4) is 0 Å². The number of carboxylic acids is 1. The summed E-state index contributed by atoms with van der Waals surface area (Å²) in [4.78, 5) is 10.9. The molecule has 0 bridgehead atoms. The van der Waals surface area contributed by atoms with E-state index in [9.17, 15) is 4.79 Å². The van der Waals surface area contributed by atoms with E-state index in [0.29, 0.717) is 17.9 Å². The van der Waals surface area contributed by atoms with E-state index in [-0.39, 0.29) is 11.8 Å². The van der Waals surface area contributed by atoms with Gasteiger partial charge in [-0.15, -0.1) is 0 Å². The number of rotatable bonds is 5. The summed E-state index contributed by atoms with van der Waals surface area (Å²) in [7, 11) is 0. The molecule has 0 radical (unpaired) electrons. The minimum atomic E-state index is -1.03. The lowest BCUT2D eigenvalue weighted by Crippen LogP contribution is -2.18. The van der Waals surface area contributed by atoms with E-state index in [1.54, 1.807) is 13.0 Å². The van der Waals surface area contributed by atoms with Crippen LogP contribution in [0.1, 0.15) is 46.0 Å². The standard InChI is InChI=1S/C16H19NO3/c1-10-6-4-5-7-14(10)12(3)17-9-13-8-11(2)15(20-13)16(18)19/h4-8,12,17H,9H2,1-3H3,(H,18,19)/t12-/m0/s1. The van der Waals surface area contributed by atoms with Gasteiger partial charge in [0, 0.05) is 11.6 Å². The van der Waals surface area contributed by atoms with E-state index >= 15 is 0 Å². The Morgan fingerprint density at radius 1 is 1.30 bits per heavy atom. The van der Waals surface area contributed by atoms with Crippen LogP contribution in [0.15, 0.2) is 34.7 Å². The average Bonchev–Trinajstić information content (AvgIpc) is 2.78.